The molecule has 2 aromatic carbocycles. The number of methoxy groups -OCH3 is 1. The van der Waals surface area contributed by atoms with Gasteiger partial charge in [-0.25, -0.2) is 15.0 Å². The largest absolute Gasteiger partial charge is 0.497 e. The number of aromatic amines is 1. The number of halogens is 1. The Bertz CT molecular complexity index is 1410. The Balaban J connectivity index is 1.38. The number of anilines is 1. The molecular weight excluding hydrogens is 426 g/mol. The molecule has 0 aliphatic rings. The van der Waals surface area contributed by atoms with Crippen molar-refractivity contribution in [1.82, 2.24) is 29.8 Å². The maximum atomic E-state index is 6.42. The molecule has 5 aromatic rings. The van der Waals surface area contributed by atoms with Crippen LogP contribution in [0.1, 0.15) is 16.8 Å². The predicted molar refractivity (Wildman–Crippen MR) is 126 cm³/mol. The third-order valence-corrected chi connectivity index (χ3v) is 5.60. The van der Waals surface area contributed by atoms with Crippen LogP contribution in [0.3, 0.4) is 0 Å². The summed E-state index contributed by atoms with van der Waals surface area (Å²) in [6.45, 7) is 1.99. The van der Waals surface area contributed by atoms with Gasteiger partial charge in [0.15, 0.2) is 11.5 Å². The van der Waals surface area contributed by atoms with Gasteiger partial charge >= 0.3 is 0 Å². The summed E-state index contributed by atoms with van der Waals surface area (Å²) in [5.74, 6) is 1.22. The maximum absolute atomic E-state index is 6.42. The number of H-pyrrole nitrogens is 1. The number of nitrogens with zero attached hydrogens (tertiary/aromatic N) is 4. The second-order valence-electron chi connectivity index (χ2n) is 7.58. The van der Waals surface area contributed by atoms with Crippen LogP contribution in [0.15, 0.2) is 55.1 Å². The van der Waals surface area contributed by atoms with Gasteiger partial charge in [0.25, 0.3) is 0 Å². The maximum Gasteiger partial charge on any atom is 0.165 e. The standard InChI is InChI=1S/C23H22ClN7O/c1-32-19-4-2-3-14(5-19)9-26-10-18-8-15-6-17(24)7-16(20(15)30-18)11-31-13-29-21-22(25)27-12-28-23(21)31/h2-8,12-13,26,30H,9-11H2,1H3,(H2,25,27,28). The predicted octanol–water partition coefficient (Wildman–Crippen LogP) is 3.89. The summed E-state index contributed by atoms with van der Waals surface area (Å²) in [7, 11) is 1.67. The highest BCUT2D eigenvalue weighted by Crippen LogP contribution is 2.26. The Morgan fingerprint density at radius 3 is 2.91 bits per heavy atom. The number of rotatable bonds is 7. The summed E-state index contributed by atoms with van der Waals surface area (Å²) in [4.78, 5) is 16.2. The third kappa shape index (κ3) is 3.98. The van der Waals surface area contributed by atoms with Gasteiger partial charge < -0.3 is 25.3 Å². The minimum Gasteiger partial charge on any atom is -0.497 e. The van der Waals surface area contributed by atoms with Crippen molar-refractivity contribution in [1.29, 1.82) is 0 Å². The average Bonchev–Trinajstić information content (AvgIpc) is 3.39. The second-order valence-corrected chi connectivity index (χ2v) is 8.02. The number of hydrogen-bond acceptors (Lipinski definition) is 6. The fraction of sp³-hybridized carbons (Fsp3) is 0.174. The molecular formula is C23H22ClN7O. The van der Waals surface area contributed by atoms with Crippen LogP contribution >= 0.6 is 11.6 Å². The SMILES string of the molecule is COc1cccc(CNCc2cc3cc(Cl)cc(Cn4cnc5c(N)ncnc54)c3[nH]2)c1. The Hall–Kier alpha value is -3.62. The summed E-state index contributed by atoms with van der Waals surface area (Å²) in [6, 6.07) is 14.1. The zero-order valence-electron chi connectivity index (χ0n) is 17.5. The summed E-state index contributed by atoms with van der Waals surface area (Å²) in [5, 5.41) is 5.22. The molecule has 9 heteroatoms. The number of nitrogen functional groups attached to an aromatic ring is 1. The van der Waals surface area contributed by atoms with Crippen LogP contribution in [0.4, 0.5) is 5.82 Å². The fourth-order valence-corrected chi connectivity index (χ4v) is 4.13. The summed E-state index contributed by atoms with van der Waals surface area (Å²) < 4.78 is 7.24. The fourth-order valence-electron chi connectivity index (χ4n) is 3.88. The van der Waals surface area contributed by atoms with Crippen LogP contribution < -0.4 is 15.8 Å². The van der Waals surface area contributed by atoms with Crippen molar-refractivity contribution in [3.63, 3.8) is 0 Å². The van der Waals surface area contributed by atoms with E-state index in [-0.39, 0.29) is 0 Å². The van der Waals surface area contributed by atoms with Gasteiger partial charge in [0.05, 0.1) is 25.5 Å². The number of ether oxygens (including phenoxy) is 1. The molecule has 0 saturated heterocycles. The highest BCUT2D eigenvalue weighted by molar-refractivity contribution is 6.31. The summed E-state index contributed by atoms with van der Waals surface area (Å²) >= 11 is 6.42. The lowest BCUT2D eigenvalue weighted by molar-refractivity contribution is 0.414. The lowest BCUT2D eigenvalue weighted by atomic mass is 10.1. The van der Waals surface area contributed by atoms with Crippen molar-refractivity contribution >= 4 is 39.5 Å². The first-order chi connectivity index (χ1) is 15.6. The number of aromatic nitrogens is 5. The Morgan fingerprint density at radius 2 is 2.03 bits per heavy atom. The van der Waals surface area contributed by atoms with Crippen molar-refractivity contribution in [3.8, 4) is 5.75 Å². The second kappa shape index (κ2) is 8.49. The van der Waals surface area contributed by atoms with E-state index in [2.05, 4.69) is 37.4 Å². The molecule has 0 saturated carbocycles. The first-order valence-electron chi connectivity index (χ1n) is 10.2. The summed E-state index contributed by atoms with van der Waals surface area (Å²) in [6.07, 6.45) is 3.17. The molecule has 4 N–H and O–H groups in total. The molecule has 0 aliphatic heterocycles. The van der Waals surface area contributed by atoms with E-state index in [1.165, 1.54) is 6.33 Å². The molecule has 8 nitrogen and oxygen atoms in total. The van der Waals surface area contributed by atoms with Crippen LogP contribution in [0.25, 0.3) is 22.1 Å². The molecule has 0 atom stereocenters. The molecule has 0 radical (unpaired) electrons. The van der Waals surface area contributed by atoms with Crippen molar-refractivity contribution in [2.24, 2.45) is 0 Å². The first kappa shape index (κ1) is 20.3. The molecule has 0 amide bonds. The highest BCUT2D eigenvalue weighted by Gasteiger charge is 2.12. The Kier molecular flexibility index (Phi) is 5.38. The van der Waals surface area contributed by atoms with Crippen LogP contribution in [-0.2, 0) is 19.6 Å². The number of imidazole rings is 1. The van der Waals surface area contributed by atoms with Crippen molar-refractivity contribution in [3.05, 3.63) is 77.0 Å². The minimum atomic E-state index is 0.370. The van der Waals surface area contributed by atoms with E-state index in [1.807, 2.05) is 34.9 Å². The van der Waals surface area contributed by atoms with Crippen molar-refractivity contribution in [2.45, 2.75) is 19.6 Å². The van der Waals surface area contributed by atoms with Gasteiger partial charge in [-0.05, 0) is 41.5 Å². The van der Waals surface area contributed by atoms with E-state index in [0.717, 1.165) is 40.0 Å². The lowest BCUT2D eigenvalue weighted by Crippen LogP contribution is -2.12. The molecule has 0 bridgehead atoms. The van der Waals surface area contributed by atoms with Crippen LogP contribution in [0.2, 0.25) is 5.02 Å². The number of hydrogen-bond donors (Lipinski definition) is 3. The smallest absolute Gasteiger partial charge is 0.165 e. The number of nitrogens with one attached hydrogen (secondary N) is 2. The first-order valence-corrected chi connectivity index (χ1v) is 10.5. The molecule has 0 unspecified atom stereocenters. The number of benzene rings is 2. The highest BCUT2D eigenvalue weighted by atomic mass is 35.5. The van der Waals surface area contributed by atoms with Gasteiger partial charge in [0.2, 0.25) is 0 Å². The molecule has 0 fully saturated rings. The Morgan fingerprint density at radius 1 is 1.12 bits per heavy atom. The molecule has 5 rings (SSSR count). The topological polar surface area (TPSA) is 107 Å². The molecule has 0 aliphatic carbocycles. The van der Waals surface area contributed by atoms with Gasteiger partial charge in [-0.1, -0.05) is 23.7 Å². The van der Waals surface area contributed by atoms with Gasteiger partial charge in [-0.3, -0.25) is 0 Å². The van der Waals surface area contributed by atoms with E-state index in [1.54, 1.807) is 13.4 Å². The van der Waals surface area contributed by atoms with Crippen molar-refractivity contribution in [2.75, 3.05) is 12.8 Å². The minimum absolute atomic E-state index is 0.370. The van der Waals surface area contributed by atoms with Gasteiger partial charge in [-0.2, -0.15) is 0 Å². The van der Waals surface area contributed by atoms with Crippen LogP contribution in [-0.4, -0.2) is 31.6 Å². The van der Waals surface area contributed by atoms with Crippen LogP contribution in [0.5, 0.6) is 5.75 Å². The zero-order chi connectivity index (χ0) is 22.1. The molecule has 3 aromatic heterocycles. The van der Waals surface area contributed by atoms with Crippen molar-refractivity contribution < 1.29 is 4.74 Å². The number of nitrogens with two attached hydrogens (primary N) is 1. The van der Waals surface area contributed by atoms with Gasteiger partial charge in [0.1, 0.15) is 17.6 Å². The van der Waals surface area contributed by atoms with E-state index >= 15 is 0 Å². The van der Waals surface area contributed by atoms with E-state index in [9.17, 15) is 0 Å². The number of fused-ring (bicyclic) bond motifs is 2. The van der Waals surface area contributed by atoms with E-state index in [0.29, 0.717) is 35.1 Å². The van der Waals surface area contributed by atoms with Crippen LogP contribution in [0, 0.1) is 0 Å². The van der Waals surface area contributed by atoms with Gasteiger partial charge in [-0.15, -0.1) is 0 Å². The normalized spacial score (nSPS) is 11.4. The average molecular weight is 448 g/mol. The van der Waals surface area contributed by atoms with Gasteiger partial charge in [0, 0.05) is 29.2 Å². The quantitative estimate of drug-likeness (QED) is 0.349. The molecule has 162 valence electrons. The lowest BCUT2D eigenvalue weighted by Gasteiger charge is -2.07. The molecule has 0 spiro atoms. The third-order valence-electron chi connectivity index (χ3n) is 5.38. The van der Waals surface area contributed by atoms with E-state index < -0.39 is 0 Å². The molecule has 32 heavy (non-hydrogen) atoms. The zero-order valence-corrected chi connectivity index (χ0v) is 18.2. The monoisotopic (exact) mass is 447 g/mol. The Labute approximate surface area is 189 Å². The summed E-state index contributed by atoms with van der Waals surface area (Å²) in [5.41, 5.74) is 11.5. The van der Waals surface area contributed by atoms with E-state index in [4.69, 9.17) is 22.1 Å². The molecule has 3 heterocycles.